The van der Waals surface area contributed by atoms with Crippen LogP contribution in [0.15, 0.2) is 41.1 Å². The molecule has 0 N–H and O–H groups in total. The number of benzene rings is 1. The summed E-state index contributed by atoms with van der Waals surface area (Å²) in [4.78, 5) is 24.8. The number of aliphatic imine (C=N–C) groups is 1. The molecule has 0 atom stereocenters. The lowest BCUT2D eigenvalue weighted by atomic mass is 10.3. The number of hydrogen-bond acceptors (Lipinski definition) is 6. The molecular formula is C15H15F3N2O5. The summed E-state index contributed by atoms with van der Waals surface area (Å²) < 4.78 is 48.6. The van der Waals surface area contributed by atoms with E-state index in [2.05, 4.69) is 14.5 Å². The Bertz CT molecular complexity index is 681. The van der Waals surface area contributed by atoms with Crippen molar-refractivity contribution in [1.29, 1.82) is 0 Å². The molecule has 25 heavy (non-hydrogen) atoms. The summed E-state index contributed by atoms with van der Waals surface area (Å²) in [7, 11) is 0. The second kappa shape index (κ2) is 8.81. The van der Waals surface area contributed by atoms with Gasteiger partial charge in [-0.25, -0.2) is 9.79 Å². The number of nitro benzene ring substituents is 1. The lowest BCUT2D eigenvalue weighted by Crippen LogP contribution is -2.27. The van der Waals surface area contributed by atoms with Gasteiger partial charge in [0.15, 0.2) is 0 Å². The quantitative estimate of drug-likeness (QED) is 0.145. The van der Waals surface area contributed by atoms with Gasteiger partial charge in [0.25, 0.3) is 5.69 Å². The summed E-state index contributed by atoms with van der Waals surface area (Å²) in [6, 6.07) is 4.06. The number of non-ortho nitro benzene ring substituents is 1. The van der Waals surface area contributed by atoms with E-state index in [0.717, 1.165) is 30.3 Å². The van der Waals surface area contributed by atoms with E-state index < -0.39 is 28.7 Å². The molecule has 136 valence electrons. The van der Waals surface area contributed by atoms with Crippen LogP contribution in [-0.2, 0) is 14.3 Å². The van der Waals surface area contributed by atoms with Gasteiger partial charge in [-0.2, -0.15) is 13.2 Å². The Labute approximate surface area is 140 Å². The fraction of sp³-hybridized carbons (Fsp3) is 0.333. The predicted octanol–water partition coefficient (Wildman–Crippen LogP) is 4.06. The molecule has 0 radical (unpaired) electrons. The molecule has 0 aromatic heterocycles. The third kappa shape index (κ3) is 6.24. The minimum Gasteiger partial charge on any atom is -0.460 e. The van der Waals surface area contributed by atoms with E-state index in [1.807, 2.05) is 0 Å². The molecule has 0 bridgehead atoms. The van der Waals surface area contributed by atoms with Crippen LogP contribution in [0.3, 0.4) is 0 Å². The molecule has 1 rings (SSSR count). The van der Waals surface area contributed by atoms with Gasteiger partial charge in [0, 0.05) is 12.1 Å². The Balaban J connectivity index is 3.18. The zero-order valence-corrected chi connectivity index (χ0v) is 13.4. The average molecular weight is 360 g/mol. The Morgan fingerprint density at radius 2 is 1.88 bits per heavy atom. The van der Waals surface area contributed by atoms with E-state index in [9.17, 15) is 28.1 Å². The molecule has 0 spiro atoms. The van der Waals surface area contributed by atoms with E-state index >= 15 is 0 Å². The summed E-state index contributed by atoms with van der Waals surface area (Å²) in [6.45, 7) is 3.06. The highest BCUT2D eigenvalue weighted by molar-refractivity contribution is 5.93. The fourth-order valence-corrected chi connectivity index (χ4v) is 1.57. The topological polar surface area (TPSA) is 91.0 Å². The Kier molecular flexibility index (Phi) is 7.09. The van der Waals surface area contributed by atoms with Crippen molar-refractivity contribution in [3.8, 4) is 0 Å². The first-order valence-electron chi connectivity index (χ1n) is 7.14. The van der Waals surface area contributed by atoms with Gasteiger partial charge in [0.1, 0.15) is 0 Å². The van der Waals surface area contributed by atoms with E-state index in [0.29, 0.717) is 0 Å². The van der Waals surface area contributed by atoms with Crippen molar-refractivity contribution < 1.29 is 32.4 Å². The molecule has 0 aliphatic heterocycles. The first-order valence-corrected chi connectivity index (χ1v) is 7.14. The number of nitro groups is 1. The number of allylic oxidation sites excluding steroid dienone is 1. The average Bonchev–Trinajstić information content (AvgIpc) is 2.53. The number of halogens is 3. The second-order valence-corrected chi connectivity index (χ2v) is 4.49. The van der Waals surface area contributed by atoms with Crippen LogP contribution >= 0.6 is 0 Å². The molecule has 0 fully saturated rings. The van der Waals surface area contributed by atoms with Crippen molar-refractivity contribution in [3.63, 3.8) is 0 Å². The van der Waals surface area contributed by atoms with E-state index in [-0.39, 0.29) is 24.4 Å². The Morgan fingerprint density at radius 1 is 1.28 bits per heavy atom. The highest BCUT2D eigenvalue weighted by atomic mass is 19.4. The number of esters is 1. The van der Waals surface area contributed by atoms with Crippen LogP contribution in [-0.4, -0.2) is 29.6 Å². The van der Waals surface area contributed by atoms with Crippen LogP contribution < -0.4 is 0 Å². The van der Waals surface area contributed by atoms with Crippen LogP contribution in [0.1, 0.15) is 20.3 Å². The SMILES string of the molecule is CC/C=C(/OC(=Nc1ccc([N+](=O)[O-])cc1)C(F)(F)F)C(=O)OCC. The summed E-state index contributed by atoms with van der Waals surface area (Å²) in [5.74, 6) is -3.37. The highest BCUT2D eigenvalue weighted by Crippen LogP contribution is 2.25. The van der Waals surface area contributed by atoms with E-state index in [4.69, 9.17) is 0 Å². The minimum absolute atomic E-state index is 0.0376. The van der Waals surface area contributed by atoms with Gasteiger partial charge in [0.2, 0.25) is 5.76 Å². The molecule has 7 nitrogen and oxygen atoms in total. The van der Waals surface area contributed by atoms with E-state index in [1.54, 1.807) is 6.92 Å². The molecule has 0 aliphatic rings. The Hall–Kier alpha value is -2.91. The monoisotopic (exact) mass is 360 g/mol. The molecule has 1 aromatic rings. The summed E-state index contributed by atoms with van der Waals surface area (Å²) in [5, 5.41) is 10.6. The van der Waals surface area contributed by atoms with Gasteiger partial charge in [-0.3, -0.25) is 10.1 Å². The van der Waals surface area contributed by atoms with Crippen molar-refractivity contribution in [2.45, 2.75) is 26.4 Å². The first kappa shape index (κ1) is 20.1. The molecule has 0 saturated heterocycles. The maximum absolute atomic E-state index is 13.1. The summed E-state index contributed by atoms with van der Waals surface area (Å²) >= 11 is 0. The molecule has 0 unspecified atom stereocenters. The molecular weight excluding hydrogens is 345 g/mol. The number of hydrogen-bond donors (Lipinski definition) is 0. The predicted molar refractivity (Wildman–Crippen MR) is 82.3 cm³/mol. The number of carbonyl (C=O) groups excluding carboxylic acids is 1. The number of alkyl halides is 3. The number of nitrogens with zero attached hydrogens (tertiary/aromatic N) is 2. The number of ether oxygens (including phenoxy) is 2. The minimum atomic E-state index is -4.99. The van der Waals surface area contributed by atoms with E-state index in [1.165, 1.54) is 6.92 Å². The zero-order chi connectivity index (χ0) is 19.0. The van der Waals surface area contributed by atoms with Gasteiger partial charge < -0.3 is 9.47 Å². The second-order valence-electron chi connectivity index (χ2n) is 4.49. The van der Waals surface area contributed by atoms with Crippen LogP contribution in [0.2, 0.25) is 0 Å². The van der Waals surface area contributed by atoms with Gasteiger partial charge >= 0.3 is 18.0 Å². The lowest BCUT2D eigenvalue weighted by Gasteiger charge is -2.13. The molecule has 0 amide bonds. The molecule has 0 aliphatic carbocycles. The normalized spacial score (nSPS) is 12.7. The molecule has 1 aromatic carbocycles. The molecule has 10 heteroatoms. The Morgan fingerprint density at radius 3 is 2.32 bits per heavy atom. The molecule has 0 saturated carbocycles. The van der Waals surface area contributed by atoms with Gasteiger partial charge in [-0.05, 0) is 31.6 Å². The maximum Gasteiger partial charge on any atom is 0.468 e. The maximum atomic E-state index is 13.1. The number of carbonyl (C=O) groups is 1. The van der Waals surface area contributed by atoms with Crippen LogP contribution in [0.25, 0.3) is 0 Å². The van der Waals surface area contributed by atoms with Crippen LogP contribution in [0.5, 0.6) is 0 Å². The van der Waals surface area contributed by atoms with Crippen molar-refractivity contribution in [3.05, 3.63) is 46.2 Å². The smallest absolute Gasteiger partial charge is 0.460 e. The summed E-state index contributed by atoms with van der Waals surface area (Å²) in [5.41, 5.74) is -0.524. The van der Waals surface area contributed by atoms with Gasteiger partial charge in [0.05, 0.1) is 17.2 Å². The van der Waals surface area contributed by atoms with Crippen molar-refractivity contribution in [1.82, 2.24) is 0 Å². The van der Waals surface area contributed by atoms with Crippen LogP contribution in [0, 0.1) is 10.1 Å². The van der Waals surface area contributed by atoms with Crippen molar-refractivity contribution >= 4 is 23.2 Å². The standard InChI is InChI=1S/C15H15F3N2O5/c1-3-5-12(13(21)24-4-2)25-14(15(16,17)18)19-10-6-8-11(9-7-10)20(22)23/h5-9H,3-4H2,1-2H3/b12-5+,19-14?. The van der Waals surface area contributed by atoms with Crippen molar-refractivity contribution in [2.75, 3.05) is 6.61 Å². The molecule has 0 heterocycles. The zero-order valence-electron chi connectivity index (χ0n) is 13.4. The summed E-state index contributed by atoms with van der Waals surface area (Å²) in [6.07, 6.45) is -3.62. The van der Waals surface area contributed by atoms with Crippen molar-refractivity contribution in [2.24, 2.45) is 4.99 Å². The van der Waals surface area contributed by atoms with Gasteiger partial charge in [-0.15, -0.1) is 0 Å². The van der Waals surface area contributed by atoms with Gasteiger partial charge in [-0.1, -0.05) is 6.92 Å². The van der Waals surface area contributed by atoms with Crippen LogP contribution in [0.4, 0.5) is 24.5 Å². The highest BCUT2D eigenvalue weighted by Gasteiger charge is 2.40. The number of rotatable bonds is 6. The third-order valence-electron chi connectivity index (χ3n) is 2.61. The first-order chi connectivity index (χ1) is 11.7. The lowest BCUT2D eigenvalue weighted by molar-refractivity contribution is -0.384. The largest absolute Gasteiger partial charge is 0.468 e. The fourth-order valence-electron chi connectivity index (χ4n) is 1.57. The third-order valence-corrected chi connectivity index (χ3v) is 2.61.